The van der Waals surface area contributed by atoms with E-state index >= 15 is 0 Å². The maximum Gasteiger partial charge on any atom is 0.193 e. The van der Waals surface area contributed by atoms with E-state index in [1.807, 2.05) is 14.0 Å². The summed E-state index contributed by atoms with van der Waals surface area (Å²) < 4.78 is 0. The predicted molar refractivity (Wildman–Crippen MR) is 53.8 cm³/mol. The molecular formula is C9H19N3O. The Labute approximate surface area is 79.7 Å². The standard InChI is InChI=1S/C9H19N3O/c1-7(8(2)13)11-9-10-5-4-6-12(9)3/h7-8,13H,4-6H2,1-3H3,(H,10,11). The highest BCUT2D eigenvalue weighted by molar-refractivity contribution is 5.80. The molecule has 76 valence electrons. The van der Waals surface area contributed by atoms with Crippen molar-refractivity contribution < 1.29 is 5.11 Å². The quantitative estimate of drug-likeness (QED) is 0.638. The molecule has 0 aliphatic carbocycles. The zero-order chi connectivity index (χ0) is 9.84. The first-order valence-corrected chi connectivity index (χ1v) is 4.81. The number of hydrogen-bond acceptors (Lipinski definition) is 4. The number of hydrogen-bond donors (Lipinski definition) is 2. The average Bonchev–Trinajstić information content (AvgIpc) is 2.08. The number of nitrogens with zero attached hydrogens (tertiary/aromatic N) is 2. The molecule has 1 aliphatic rings. The molecule has 0 radical (unpaired) electrons. The molecule has 0 amide bonds. The van der Waals surface area contributed by atoms with Crippen molar-refractivity contribution in [3.05, 3.63) is 0 Å². The zero-order valence-corrected chi connectivity index (χ0v) is 8.62. The van der Waals surface area contributed by atoms with E-state index < -0.39 is 0 Å². The minimum absolute atomic E-state index is 0.0549. The van der Waals surface area contributed by atoms with Crippen LogP contribution in [0.25, 0.3) is 0 Å². The minimum Gasteiger partial charge on any atom is -0.391 e. The largest absolute Gasteiger partial charge is 0.391 e. The molecule has 0 saturated carbocycles. The molecule has 0 aromatic heterocycles. The van der Waals surface area contributed by atoms with Crippen molar-refractivity contribution in [1.82, 2.24) is 10.2 Å². The predicted octanol–water partition coefficient (Wildman–Crippen LogP) is 0.0368. The van der Waals surface area contributed by atoms with Gasteiger partial charge in [0.1, 0.15) is 0 Å². The Hall–Kier alpha value is -0.770. The van der Waals surface area contributed by atoms with E-state index in [9.17, 15) is 5.11 Å². The number of aliphatic imine (C=N–C) groups is 1. The molecule has 0 bridgehead atoms. The van der Waals surface area contributed by atoms with E-state index in [0.29, 0.717) is 0 Å². The van der Waals surface area contributed by atoms with Gasteiger partial charge in [-0.2, -0.15) is 0 Å². The van der Waals surface area contributed by atoms with Gasteiger partial charge in [0.25, 0.3) is 0 Å². The maximum absolute atomic E-state index is 9.30. The van der Waals surface area contributed by atoms with Gasteiger partial charge < -0.3 is 15.3 Å². The van der Waals surface area contributed by atoms with E-state index in [-0.39, 0.29) is 12.1 Å². The van der Waals surface area contributed by atoms with Gasteiger partial charge in [-0.3, -0.25) is 4.99 Å². The lowest BCUT2D eigenvalue weighted by molar-refractivity contribution is 0.160. The van der Waals surface area contributed by atoms with Gasteiger partial charge >= 0.3 is 0 Å². The topological polar surface area (TPSA) is 47.9 Å². The van der Waals surface area contributed by atoms with Gasteiger partial charge in [0, 0.05) is 20.1 Å². The molecule has 2 atom stereocenters. The molecule has 2 N–H and O–H groups in total. The first-order valence-electron chi connectivity index (χ1n) is 4.81. The van der Waals surface area contributed by atoms with E-state index in [4.69, 9.17) is 0 Å². The van der Waals surface area contributed by atoms with E-state index in [0.717, 1.165) is 25.5 Å². The van der Waals surface area contributed by atoms with Crippen molar-refractivity contribution in [2.24, 2.45) is 4.99 Å². The molecular weight excluding hydrogens is 166 g/mol. The average molecular weight is 185 g/mol. The number of rotatable bonds is 2. The van der Waals surface area contributed by atoms with Gasteiger partial charge in [0.2, 0.25) is 0 Å². The van der Waals surface area contributed by atoms with Crippen LogP contribution < -0.4 is 5.32 Å². The SMILES string of the molecule is CC(O)C(C)NC1=NCCCN1C. The molecule has 0 fully saturated rings. The lowest BCUT2D eigenvalue weighted by Gasteiger charge is -2.29. The molecule has 0 aromatic carbocycles. The Kier molecular flexibility index (Phi) is 3.54. The Morgan fingerprint density at radius 3 is 2.77 bits per heavy atom. The number of nitrogens with one attached hydrogen (secondary N) is 1. The summed E-state index contributed by atoms with van der Waals surface area (Å²) in [7, 11) is 2.01. The highest BCUT2D eigenvalue weighted by Gasteiger charge is 2.15. The van der Waals surface area contributed by atoms with Gasteiger partial charge in [0.15, 0.2) is 5.96 Å². The van der Waals surface area contributed by atoms with Crippen LogP contribution in [0.5, 0.6) is 0 Å². The summed E-state index contributed by atoms with van der Waals surface area (Å²) in [6, 6.07) is 0.0549. The van der Waals surface area contributed by atoms with Gasteiger partial charge in [-0.1, -0.05) is 0 Å². The van der Waals surface area contributed by atoms with Gasteiger partial charge in [0.05, 0.1) is 12.1 Å². The number of guanidine groups is 1. The first kappa shape index (κ1) is 10.3. The van der Waals surface area contributed by atoms with Crippen LogP contribution in [-0.4, -0.2) is 48.2 Å². The fourth-order valence-electron chi connectivity index (χ4n) is 1.20. The summed E-state index contributed by atoms with van der Waals surface area (Å²) in [6.07, 6.45) is 0.767. The van der Waals surface area contributed by atoms with Crippen LogP contribution in [0.15, 0.2) is 4.99 Å². The van der Waals surface area contributed by atoms with Gasteiger partial charge in [-0.05, 0) is 20.3 Å². The van der Waals surface area contributed by atoms with Crippen LogP contribution in [0.1, 0.15) is 20.3 Å². The van der Waals surface area contributed by atoms with Crippen LogP contribution in [0.2, 0.25) is 0 Å². The highest BCUT2D eigenvalue weighted by Crippen LogP contribution is 2.00. The van der Waals surface area contributed by atoms with E-state index in [1.54, 1.807) is 6.92 Å². The molecule has 1 heterocycles. The lowest BCUT2D eigenvalue weighted by Crippen LogP contribution is -2.48. The third-order valence-corrected chi connectivity index (χ3v) is 2.36. The highest BCUT2D eigenvalue weighted by atomic mass is 16.3. The van der Waals surface area contributed by atoms with Crippen LogP contribution >= 0.6 is 0 Å². The second-order valence-electron chi connectivity index (χ2n) is 3.65. The van der Waals surface area contributed by atoms with Crippen molar-refractivity contribution in [3.63, 3.8) is 0 Å². The molecule has 4 nitrogen and oxygen atoms in total. The Morgan fingerprint density at radius 1 is 1.54 bits per heavy atom. The smallest absolute Gasteiger partial charge is 0.193 e. The van der Waals surface area contributed by atoms with Gasteiger partial charge in [-0.15, -0.1) is 0 Å². The number of aliphatic hydroxyl groups is 1. The molecule has 0 spiro atoms. The molecule has 4 heteroatoms. The Balaban J connectivity index is 2.47. The van der Waals surface area contributed by atoms with E-state index in [2.05, 4.69) is 15.2 Å². The maximum atomic E-state index is 9.30. The molecule has 1 aliphatic heterocycles. The Bertz CT molecular complexity index is 191. The van der Waals surface area contributed by atoms with Crippen molar-refractivity contribution >= 4 is 5.96 Å². The van der Waals surface area contributed by atoms with Crippen molar-refractivity contribution in [1.29, 1.82) is 0 Å². The summed E-state index contributed by atoms with van der Waals surface area (Å²) in [5.74, 6) is 0.902. The first-order chi connectivity index (χ1) is 6.11. The summed E-state index contributed by atoms with van der Waals surface area (Å²) in [5.41, 5.74) is 0. The summed E-state index contributed by atoms with van der Waals surface area (Å²) in [6.45, 7) is 5.66. The normalized spacial score (nSPS) is 22.2. The summed E-state index contributed by atoms with van der Waals surface area (Å²) in [5, 5.41) is 12.5. The molecule has 2 unspecified atom stereocenters. The minimum atomic E-state index is -0.349. The van der Waals surface area contributed by atoms with Crippen molar-refractivity contribution in [2.75, 3.05) is 20.1 Å². The Morgan fingerprint density at radius 2 is 2.23 bits per heavy atom. The zero-order valence-electron chi connectivity index (χ0n) is 8.62. The van der Waals surface area contributed by atoms with Crippen LogP contribution in [-0.2, 0) is 0 Å². The second-order valence-corrected chi connectivity index (χ2v) is 3.65. The van der Waals surface area contributed by atoms with Crippen molar-refractivity contribution in [3.8, 4) is 0 Å². The molecule has 1 rings (SSSR count). The number of aliphatic hydroxyl groups excluding tert-OH is 1. The second kappa shape index (κ2) is 4.46. The van der Waals surface area contributed by atoms with Crippen LogP contribution in [0, 0.1) is 0 Å². The van der Waals surface area contributed by atoms with Crippen LogP contribution in [0.3, 0.4) is 0 Å². The molecule has 13 heavy (non-hydrogen) atoms. The van der Waals surface area contributed by atoms with Crippen molar-refractivity contribution in [2.45, 2.75) is 32.4 Å². The fraction of sp³-hybridized carbons (Fsp3) is 0.889. The third-order valence-electron chi connectivity index (χ3n) is 2.36. The van der Waals surface area contributed by atoms with E-state index in [1.165, 1.54) is 0 Å². The lowest BCUT2D eigenvalue weighted by atomic mass is 10.2. The van der Waals surface area contributed by atoms with Gasteiger partial charge in [-0.25, -0.2) is 0 Å². The molecule has 0 aromatic rings. The molecule has 0 saturated heterocycles. The third kappa shape index (κ3) is 2.88. The fourth-order valence-corrected chi connectivity index (χ4v) is 1.20. The van der Waals surface area contributed by atoms with Crippen LogP contribution in [0.4, 0.5) is 0 Å². The summed E-state index contributed by atoms with van der Waals surface area (Å²) in [4.78, 5) is 6.44. The monoisotopic (exact) mass is 185 g/mol. The summed E-state index contributed by atoms with van der Waals surface area (Å²) >= 11 is 0.